The summed E-state index contributed by atoms with van der Waals surface area (Å²) in [7, 11) is 0. The summed E-state index contributed by atoms with van der Waals surface area (Å²) in [5.41, 5.74) is 1.47. The average molecular weight is 353 g/mol. The number of carbonyl (C=O) groups is 2. The lowest BCUT2D eigenvalue weighted by Crippen LogP contribution is -2.35. The summed E-state index contributed by atoms with van der Waals surface area (Å²) < 4.78 is 10.8. The van der Waals surface area contributed by atoms with Crippen LogP contribution >= 0.6 is 0 Å². The Morgan fingerprint density at radius 3 is 2.35 bits per heavy atom. The molecule has 1 N–H and O–H groups in total. The Hall–Kier alpha value is -2.82. The van der Waals surface area contributed by atoms with E-state index in [1.165, 1.54) is 0 Å². The van der Waals surface area contributed by atoms with Crippen LogP contribution in [0.3, 0.4) is 0 Å². The Kier molecular flexibility index (Phi) is 6.25. The van der Waals surface area contributed by atoms with Crippen LogP contribution in [0, 0.1) is 0 Å². The zero-order valence-electron chi connectivity index (χ0n) is 14.6. The topological polar surface area (TPSA) is 64.6 Å². The van der Waals surface area contributed by atoms with Crippen molar-refractivity contribution < 1.29 is 19.1 Å². The molecule has 0 heterocycles. The van der Waals surface area contributed by atoms with Crippen LogP contribution in [0.25, 0.3) is 0 Å². The Bertz CT molecular complexity index is 721. The maximum absolute atomic E-state index is 12.0. The van der Waals surface area contributed by atoms with Crippen LogP contribution < -0.4 is 10.1 Å². The lowest BCUT2D eigenvalue weighted by Gasteiger charge is -2.12. The SMILES string of the molecule is O=C(COC(=O)c1ccc(OCc2ccccc2)cc1)NC1CCCC1. The first-order valence-corrected chi connectivity index (χ1v) is 8.94. The van der Waals surface area contributed by atoms with Crippen molar-refractivity contribution in [2.45, 2.75) is 38.3 Å². The Balaban J connectivity index is 1.43. The van der Waals surface area contributed by atoms with E-state index in [0.29, 0.717) is 17.9 Å². The molecule has 26 heavy (non-hydrogen) atoms. The molecule has 1 saturated carbocycles. The summed E-state index contributed by atoms with van der Waals surface area (Å²) in [6.45, 7) is 0.216. The van der Waals surface area contributed by atoms with Crippen LogP contribution in [0.2, 0.25) is 0 Å². The number of nitrogens with one attached hydrogen (secondary N) is 1. The summed E-state index contributed by atoms with van der Waals surface area (Å²) in [5.74, 6) is -0.0846. The van der Waals surface area contributed by atoms with Gasteiger partial charge in [-0.2, -0.15) is 0 Å². The molecule has 0 unspecified atom stereocenters. The van der Waals surface area contributed by atoms with Crippen LogP contribution in [0.1, 0.15) is 41.6 Å². The maximum Gasteiger partial charge on any atom is 0.338 e. The van der Waals surface area contributed by atoms with Crippen molar-refractivity contribution in [2.24, 2.45) is 0 Å². The van der Waals surface area contributed by atoms with E-state index in [1.807, 2.05) is 30.3 Å². The van der Waals surface area contributed by atoms with Gasteiger partial charge >= 0.3 is 5.97 Å². The van der Waals surface area contributed by atoms with E-state index in [9.17, 15) is 9.59 Å². The fourth-order valence-electron chi connectivity index (χ4n) is 2.98. The highest BCUT2D eigenvalue weighted by atomic mass is 16.5. The van der Waals surface area contributed by atoms with E-state index >= 15 is 0 Å². The summed E-state index contributed by atoms with van der Waals surface area (Å²) in [6.07, 6.45) is 4.29. The molecule has 2 aromatic carbocycles. The number of esters is 1. The molecule has 1 aliphatic carbocycles. The van der Waals surface area contributed by atoms with Gasteiger partial charge in [-0.05, 0) is 42.7 Å². The molecule has 1 amide bonds. The minimum absolute atomic E-state index is 0.224. The molecule has 0 bridgehead atoms. The summed E-state index contributed by atoms with van der Waals surface area (Å²) in [4.78, 5) is 23.8. The number of benzene rings is 2. The van der Waals surface area contributed by atoms with Gasteiger partial charge < -0.3 is 14.8 Å². The molecule has 0 aromatic heterocycles. The van der Waals surface area contributed by atoms with Crippen LogP contribution in [0.5, 0.6) is 5.75 Å². The number of hydrogen-bond donors (Lipinski definition) is 1. The number of ether oxygens (including phenoxy) is 2. The number of carbonyl (C=O) groups excluding carboxylic acids is 2. The summed E-state index contributed by atoms with van der Waals surface area (Å²) in [5, 5.41) is 2.89. The van der Waals surface area contributed by atoms with Gasteiger partial charge in [0.2, 0.25) is 0 Å². The fraction of sp³-hybridized carbons (Fsp3) is 0.333. The van der Waals surface area contributed by atoms with Crippen LogP contribution in [0.15, 0.2) is 54.6 Å². The first kappa shape index (κ1) is 18.0. The molecule has 0 saturated heterocycles. The molecule has 3 rings (SSSR count). The maximum atomic E-state index is 12.0. The largest absolute Gasteiger partial charge is 0.489 e. The molecule has 5 nitrogen and oxygen atoms in total. The first-order valence-electron chi connectivity index (χ1n) is 8.94. The van der Waals surface area contributed by atoms with Crippen molar-refractivity contribution in [3.05, 3.63) is 65.7 Å². The van der Waals surface area contributed by atoms with Gasteiger partial charge in [0.1, 0.15) is 12.4 Å². The summed E-state index contributed by atoms with van der Waals surface area (Å²) in [6, 6.07) is 16.8. The second-order valence-corrected chi connectivity index (χ2v) is 6.42. The molecule has 2 aromatic rings. The van der Waals surface area contributed by atoms with Gasteiger partial charge in [0.15, 0.2) is 6.61 Å². The molecular formula is C21H23NO4. The monoisotopic (exact) mass is 353 g/mol. The van der Waals surface area contributed by atoms with E-state index in [-0.39, 0.29) is 18.6 Å². The predicted molar refractivity (Wildman–Crippen MR) is 97.9 cm³/mol. The van der Waals surface area contributed by atoms with Gasteiger partial charge in [0.05, 0.1) is 5.56 Å². The van der Waals surface area contributed by atoms with E-state index in [2.05, 4.69) is 5.32 Å². The number of hydrogen-bond acceptors (Lipinski definition) is 4. The zero-order chi connectivity index (χ0) is 18.2. The van der Waals surface area contributed by atoms with E-state index in [0.717, 1.165) is 31.2 Å². The fourth-order valence-corrected chi connectivity index (χ4v) is 2.98. The van der Waals surface area contributed by atoms with Gasteiger partial charge in [-0.3, -0.25) is 4.79 Å². The molecule has 1 fully saturated rings. The van der Waals surface area contributed by atoms with E-state index in [4.69, 9.17) is 9.47 Å². The third kappa shape index (κ3) is 5.34. The highest BCUT2D eigenvalue weighted by Crippen LogP contribution is 2.17. The Morgan fingerprint density at radius 2 is 1.65 bits per heavy atom. The van der Waals surface area contributed by atoms with E-state index < -0.39 is 5.97 Å². The van der Waals surface area contributed by atoms with Crippen molar-refractivity contribution in [2.75, 3.05) is 6.61 Å². The minimum Gasteiger partial charge on any atom is -0.489 e. The van der Waals surface area contributed by atoms with Crippen molar-refractivity contribution in [3.63, 3.8) is 0 Å². The third-order valence-corrected chi connectivity index (χ3v) is 4.39. The molecule has 5 heteroatoms. The Labute approximate surface area is 153 Å². The molecule has 0 radical (unpaired) electrons. The van der Waals surface area contributed by atoms with Crippen molar-refractivity contribution >= 4 is 11.9 Å². The van der Waals surface area contributed by atoms with Crippen molar-refractivity contribution in [1.29, 1.82) is 0 Å². The van der Waals surface area contributed by atoms with Gasteiger partial charge in [-0.25, -0.2) is 4.79 Å². The normalized spacial score (nSPS) is 14.0. The standard InChI is InChI=1S/C21H23NO4/c23-20(22-18-8-4-5-9-18)15-26-21(24)17-10-12-19(13-11-17)25-14-16-6-2-1-3-7-16/h1-3,6-7,10-13,18H,4-5,8-9,14-15H2,(H,22,23). The average Bonchev–Trinajstić information content (AvgIpc) is 3.18. The second-order valence-electron chi connectivity index (χ2n) is 6.42. The lowest BCUT2D eigenvalue weighted by molar-refractivity contribution is -0.124. The van der Waals surface area contributed by atoms with Crippen LogP contribution in [-0.4, -0.2) is 24.5 Å². The molecule has 136 valence electrons. The first-order chi connectivity index (χ1) is 12.7. The number of rotatable bonds is 7. The van der Waals surface area contributed by atoms with Crippen LogP contribution in [0.4, 0.5) is 0 Å². The Morgan fingerprint density at radius 1 is 0.962 bits per heavy atom. The van der Waals surface area contributed by atoms with Crippen molar-refractivity contribution in [1.82, 2.24) is 5.32 Å². The second kappa shape index (κ2) is 9.04. The third-order valence-electron chi connectivity index (χ3n) is 4.39. The molecule has 0 spiro atoms. The predicted octanol–water partition coefficient (Wildman–Crippen LogP) is 3.48. The molecule has 1 aliphatic rings. The van der Waals surface area contributed by atoms with Gasteiger partial charge in [-0.15, -0.1) is 0 Å². The highest BCUT2D eigenvalue weighted by Gasteiger charge is 2.18. The van der Waals surface area contributed by atoms with Gasteiger partial charge in [0, 0.05) is 6.04 Å². The van der Waals surface area contributed by atoms with Gasteiger partial charge in [0.25, 0.3) is 5.91 Å². The van der Waals surface area contributed by atoms with Crippen LogP contribution in [-0.2, 0) is 16.1 Å². The van der Waals surface area contributed by atoms with Crippen molar-refractivity contribution in [3.8, 4) is 5.75 Å². The molecule has 0 atom stereocenters. The number of amides is 1. The zero-order valence-corrected chi connectivity index (χ0v) is 14.6. The molecular weight excluding hydrogens is 330 g/mol. The molecule has 0 aliphatic heterocycles. The smallest absolute Gasteiger partial charge is 0.338 e. The lowest BCUT2D eigenvalue weighted by atomic mass is 10.2. The van der Waals surface area contributed by atoms with E-state index in [1.54, 1.807) is 24.3 Å². The highest BCUT2D eigenvalue weighted by molar-refractivity contribution is 5.91. The quantitative estimate of drug-likeness (QED) is 0.774. The minimum atomic E-state index is -0.513. The summed E-state index contributed by atoms with van der Waals surface area (Å²) >= 11 is 0. The van der Waals surface area contributed by atoms with Gasteiger partial charge in [-0.1, -0.05) is 43.2 Å².